The molecule has 2 heterocycles. The molecule has 0 N–H and O–H groups in total. The summed E-state index contributed by atoms with van der Waals surface area (Å²) in [6.07, 6.45) is 1.47. The van der Waals surface area contributed by atoms with Gasteiger partial charge in [0, 0.05) is 0 Å². The van der Waals surface area contributed by atoms with E-state index in [9.17, 15) is 0 Å². The molecule has 2 aliphatic rings. The van der Waals surface area contributed by atoms with Gasteiger partial charge in [0.1, 0.15) is 11.6 Å². The lowest BCUT2D eigenvalue weighted by atomic mass is 10.2. The highest BCUT2D eigenvalue weighted by Crippen LogP contribution is 2.42. The Kier molecular flexibility index (Phi) is 2.64. The predicted molar refractivity (Wildman–Crippen MR) is 62.0 cm³/mol. The Balaban J connectivity index is 2.93. The van der Waals surface area contributed by atoms with E-state index >= 15 is 0 Å². The molecule has 1 nitrogen and oxygen atoms in total. The zero-order valence-corrected chi connectivity index (χ0v) is 10.9. The van der Waals surface area contributed by atoms with Crippen LogP contribution in [0.15, 0.2) is 10.7 Å². The normalized spacial score (nSPS) is 11.2. The van der Waals surface area contributed by atoms with Crippen LogP contribution in [0.1, 0.15) is 5.17 Å². The number of rotatable bonds is 0. The highest BCUT2D eigenvalue weighted by atomic mass is 35.5. The van der Waals surface area contributed by atoms with Crippen LogP contribution in [0.3, 0.4) is 0 Å². The average molecular weight is 266 g/mol. The summed E-state index contributed by atoms with van der Waals surface area (Å²) >= 11 is 18.1. The van der Waals surface area contributed by atoms with Gasteiger partial charge in [-0.05, 0) is 18.6 Å². The van der Waals surface area contributed by atoms with E-state index < -0.39 is 8.40 Å². The molecule has 74 valence electrons. The van der Waals surface area contributed by atoms with Crippen LogP contribution < -0.4 is 0 Å². The third-order valence-electron chi connectivity index (χ3n) is 2.39. The first-order chi connectivity index (χ1) is 6.54. The molecule has 0 saturated heterocycles. The number of hydrogen-bond donors (Lipinski definition) is 0. The zero-order chi connectivity index (χ0) is 10.5. The van der Waals surface area contributed by atoms with Crippen LogP contribution in [0.25, 0.3) is 10.9 Å². The van der Waals surface area contributed by atoms with Crippen LogP contribution in [0.2, 0.25) is 15.1 Å². The molecule has 2 aliphatic heterocycles. The van der Waals surface area contributed by atoms with Gasteiger partial charge >= 0.3 is 0 Å². The van der Waals surface area contributed by atoms with Gasteiger partial charge in [-0.3, -0.25) is 0 Å². The van der Waals surface area contributed by atoms with Gasteiger partial charge in [-0.1, -0.05) is 34.8 Å². The summed E-state index contributed by atoms with van der Waals surface area (Å²) in [7, 11) is -0.841. The Bertz CT molecular complexity index is 478. The monoisotopic (exact) mass is 264 g/mol. The maximum atomic E-state index is 6.17. The SMILES string of the molecule is Cc1c(Cl)c2c(Cl)c(Cl)coc-2[si]1C. The number of fused-ring (bicyclic) bond motifs is 1. The van der Waals surface area contributed by atoms with Crippen LogP contribution in [-0.4, -0.2) is 8.40 Å². The largest absolute Gasteiger partial charge is 0.468 e. The minimum absolute atomic E-state index is 0.410. The highest BCUT2D eigenvalue weighted by Gasteiger charge is 2.23. The van der Waals surface area contributed by atoms with Crippen molar-refractivity contribution in [1.29, 1.82) is 0 Å². The van der Waals surface area contributed by atoms with Gasteiger partial charge < -0.3 is 4.42 Å². The maximum Gasteiger partial charge on any atom is 0.111 e. The van der Waals surface area contributed by atoms with E-state index in [2.05, 4.69) is 6.55 Å². The Hall–Kier alpha value is -0.0231. The van der Waals surface area contributed by atoms with Gasteiger partial charge in [-0.2, -0.15) is 0 Å². The second-order valence-electron chi connectivity index (χ2n) is 3.17. The van der Waals surface area contributed by atoms with Gasteiger partial charge in [0.2, 0.25) is 0 Å². The van der Waals surface area contributed by atoms with Crippen molar-refractivity contribution < 1.29 is 4.42 Å². The van der Waals surface area contributed by atoms with E-state index in [1.807, 2.05) is 6.92 Å². The first kappa shape index (κ1) is 10.5. The summed E-state index contributed by atoms with van der Waals surface area (Å²) in [5.41, 5.74) is 0.787. The van der Waals surface area contributed by atoms with Crippen molar-refractivity contribution in [2.75, 3.05) is 0 Å². The van der Waals surface area contributed by atoms with Crippen LogP contribution in [0, 0.1) is 6.92 Å². The number of halogens is 3. The Labute approximate surface area is 98.4 Å². The van der Waals surface area contributed by atoms with Crippen molar-refractivity contribution in [2.45, 2.75) is 6.92 Å². The lowest BCUT2D eigenvalue weighted by molar-refractivity contribution is 0.575. The molecule has 0 fully saturated rings. The third-order valence-corrected chi connectivity index (χ3v) is 6.21. The van der Waals surface area contributed by atoms with Gasteiger partial charge in [0.15, 0.2) is 0 Å². The molecular formula is C9H7Cl3OSi. The zero-order valence-electron chi connectivity index (χ0n) is 7.62. The smallest absolute Gasteiger partial charge is 0.111 e. The average Bonchev–Trinajstić information content (AvgIpc) is 2.38. The fraction of sp³-hybridized carbons (Fsp3) is 0.222. The first-order valence-electron chi connectivity index (χ1n) is 4.05. The molecule has 0 atom stereocenters. The minimum Gasteiger partial charge on any atom is -0.468 e. The van der Waals surface area contributed by atoms with Crippen molar-refractivity contribution in [3.8, 4) is 10.9 Å². The lowest BCUT2D eigenvalue weighted by Crippen LogP contribution is -1.94. The van der Waals surface area contributed by atoms with Crippen molar-refractivity contribution in [1.82, 2.24) is 0 Å². The minimum atomic E-state index is -0.841. The molecule has 2 rings (SSSR count). The summed E-state index contributed by atoms with van der Waals surface area (Å²) in [5, 5.41) is 3.67. The van der Waals surface area contributed by atoms with Crippen molar-refractivity contribution >= 4 is 43.2 Å². The van der Waals surface area contributed by atoms with Gasteiger partial charge in [-0.25, -0.2) is 0 Å². The van der Waals surface area contributed by atoms with E-state index in [4.69, 9.17) is 39.2 Å². The summed E-state index contributed by atoms with van der Waals surface area (Å²) < 4.78 is 5.44. The van der Waals surface area contributed by atoms with Crippen molar-refractivity contribution in [3.63, 3.8) is 0 Å². The van der Waals surface area contributed by atoms with Crippen LogP contribution in [0.4, 0.5) is 0 Å². The second-order valence-corrected chi connectivity index (χ2v) is 6.78. The lowest BCUT2D eigenvalue weighted by Gasteiger charge is -2.04. The molecule has 14 heavy (non-hydrogen) atoms. The molecule has 0 saturated carbocycles. The molecule has 0 aromatic carbocycles. The number of hydrogen-bond acceptors (Lipinski definition) is 1. The van der Waals surface area contributed by atoms with Gasteiger partial charge in [0.25, 0.3) is 0 Å². The molecular weight excluding hydrogens is 259 g/mol. The van der Waals surface area contributed by atoms with Crippen LogP contribution in [0.5, 0.6) is 0 Å². The highest BCUT2D eigenvalue weighted by molar-refractivity contribution is 6.65. The molecule has 5 heteroatoms. The Morgan fingerprint density at radius 3 is 2.50 bits per heavy atom. The molecule has 0 aromatic rings. The fourth-order valence-corrected chi connectivity index (χ4v) is 4.27. The molecule has 0 spiro atoms. The summed E-state index contributed by atoms with van der Waals surface area (Å²) in [5.74, 6) is 0. The Morgan fingerprint density at radius 2 is 1.86 bits per heavy atom. The van der Waals surface area contributed by atoms with Crippen LogP contribution in [-0.2, 0) is 6.55 Å². The summed E-state index contributed by atoms with van der Waals surface area (Å²) in [4.78, 5) is 0. The second kappa shape index (κ2) is 3.53. The van der Waals surface area contributed by atoms with Gasteiger partial charge in [0.05, 0.1) is 29.0 Å². The van der Waals surface area contributed by atoms with E-state index in [-0.39, 0.29) is 0 Å². The van der Waals surface area contributed by atoms with E-state index in [1.54, 1.807) is 0 Å². The summed E-state index contributed by atoms with van der Waals surface area (Å²) in [6, 6.07) is 0. The molecule has 0 radical (unpaired) electrons. The predicted octanol–water partition coefficient (Wildman–Crippen LogP) is 4.22. The van der Waals surface area contributed by atoms with Crippen molar-refractivity contribution in [3.05, 3.63) is 26.5 Å². The Morgan fingerprint density at radius 1 is 1.21 bits per heavy atom. The van der Waals surface area contributed by atoms with E-state index in [0.717, 1.165) is 10.9 Å². The standard InChI is InChI=1S/C9H7Cl3OSi/c1-4-7(11)6-8(12)5(10)3-13-9(6)14(4)2/h3H,1-2H3. The topological polar surface area (TPSA) is 13.1 Å². The molecule has 0 aliphatic carbocycles. The van der Waals surface area contributed by atoms with Gasteiger partial charge in [-0.15, -0.1) is 0 Å². The molecule has 0 unspecified atom stereocenters. The van der Waals surface area contributed by atoms with E-state index in [0.29, 0.717) is 15.1 Å². The molecule has 0 amide bonds. The molecule has 0 bridgehead atoms. The quantitative estimate of drug-likeness (QED) is 0.650. The summed E-state index contributed by atoms with van der Waals surface area (Å²) in [6.45, 7) is 4.14. The fourth-order valence-electron chi connectivity index (χ4n) is 1.43. The first-order valence-corrected chi connectivity index (χ1v) is 7.18. The van der Waals surface area contributed by atoms with E-state index in [1.165, 1.54) is 11.4 Å². The third kappa shape index (κ3) is 1.33. The van der Waals surface area contributed by atoms with Crippen molar-refractivity contribution in [2.24, 2.45) is 6.55 Å². The van der Waals surface area contributed by atoms with Crippen LogP contribution >= 0.6 is 34.8 Å². The molecule has 0 aromatic heterocycles. The maximum absolute atomic E-state index is 6.17.